The van der Waals surface area contributed by atoms with E-state index >= 15 is 0 Å². The van der Waals surface area contributed by atoms with E-state index in [0.717, 1.165) is 17.0 Å². The number of anilines is 1. The molecule has 3 aliphatic rings. The first kappa shape index (κ1) is 14.7. The number of aromatic nitrogens is 1. The maximum absolute atomic E-state index is 12.5. The highest BCUT2D eigenvalue weighted by molar-refractivity contribution is 7.17. The molecule has 6 heteroatoms. The molecule has 3 fully saturated rings. The van der Waals surface area contributed by atoms with Crippen LogP contribution in [0, 0.1) is 5.92 Å². The number of nitrogens with zero attached hydrogens (tertiary/aromatic N) is 2. The zero-order valence-electron chi connectivity index (χ0n) is 12.9. The van der Waals surface area contributed by atoms with Crippen LogP contribution in [0.2, 0.25) is 0 Å². The van der Waals surface area contributed by atoms with Gasteiger partial charge in [-0.05, 0) is 49.5 Å². The fourth-order valence-corrected chi connectivity index (χ4v) is 4.38. The van der Waals surface area contributed by atoms with Gasteiger partial charge in [0.15, 0.2) is 5.01 Å². The molecule has 1 unspecified atom stereocenters. The fourth-order valence-electron chi connectivity index (χ4n) is 3.56. The summed E-state index contributed by atoms with van der Waals surface area (Å²) in [6, 6.07) is 7.93. The summed E-state index contributed by atoms with van der Waals surface area (Å²) in [6.07, 6.45) is 4.14. The summed E-state index contributed by atoms with van der Waals surface area (Å²) >= 11 is 1.42. The lowest BCUT2D eigenvalue weighted by atomic mass is 9.84. The van der Waals surface area contributed by atoms with E-state index in [1.165, 1.54) is 37.3 Å². The minimum atomic E-state index is -0.0519. The molecule has 1 amide bonds. The summed E-state index contributed by atoms with van der Waals surface area (Å²) in [6.45, 7) is 3.32. The Hall–Kier alpha value is -1.92. The predicted molar refractivity (Wildman–Crippen MR) is 92.4 cm³/mol. The van der Waals surface area contributed by atoms with Gasteiger partial charge in [0.2, 0.25) is 0 Å². The molecule has 4 heterocycles. The topological polar surface area (TPSA) is 71.2 Å². The lowest BCUT2D eigenvalue weighted by molar-refractivity contribution is 0.0620. The third-order valence-electron chi connectivity index (χ3n) is 4.84. The van der Waals surface area contributed by atoms with Crippen molar-refractivity contribution in [3.8, 4) is 10.4 Å². The molecular formula is C17H20N4OS. The van der Waals surface area contributed by atoms with E-state index < -0.39 is 0 Å². The lowest BCUT2D eigenvalue weighted by Crippen LogP contribution is -2.57. The highest BCUT2D eigenvalue weighted by Gasteiger charge is 2.35. The van der Waals surface area contributed by atoms with Gasteiger partial charge >= 0.3 is 0 Å². The highest BCUT2D eigenvalue weighted by atomic mass is 32.1. The number of hydrogen-bond acceptors (Lipinski definition) is 5. The summed E-state index contributed by atoms with van der Waals surface area (Å²) < 4.78 is 0. The Morgan fingerprint density at radius 2 is 2.17 bits per heavy atom. The molecule has 3 N–H and O–H groups in total. The fraction of sp³-hybridized carbons (Fsp3) is 0.412. The second-order valence-electron chi connectivity index (χ2n) is 6.37. The minimum absolute atomic E-state index is 0.0519. The number of nitrogens with one attached hydrogen (secondary N) is 1. The second kappa shape index (κ2) is 5.94. The number of hydrogen-bond donors (Lipinski definition) is 2. The van der Waals surface area contributed by atoms with Crippen molar-refractivity contribution in [2.45, 2.75) is 18.9 Å². The molecule has 3 saturated heterocycles. The average Bonchev–Trinajstić information content (AvgIpc) is 3.06. The Balaban J connectivity index is 1.47. The van der Waals surface area contributed by atoms with Crippen LogP contribution in [0.25, 0.3) is 10.4 Å². The number of amides is 1. The molecule has 0 spiro atoms. The Labute approximate surface area is 139 Å². The molecule has 5 nitrogen and oxygen atoms in total. The van der Waals surface area contributed by atoms with Crippen LogP contribution in [0.1, 0.15) is 22.6 Å². The van der Waals surface area contributed by atoms with Crippen molar-refractivity contribution < 1.29 is 4.79 Å². The molecule has 0 radical (unpaired) electrons. The van der Waals surface area contributed by atoms with Crippen molar-refractivity contribution in [2.75, 3.05) is 25.4 Å². The molecule has 23 heavy (non-hydrogen) atoms. The van der Waals surface area contributed by atoms with Gasteiger partial charge in [-0.1, -0.05) is 12.1 Å². The van der Waals surface area contributed by atoms with Crippen molar-refractivity contribution in [2.24, 2.45) is 5.92 Å². The SMILES string of the molecule is Nc1cccc(-c2cnc(C(=O)NC3CN4CCC3CC4)s2)c1. The first-order chi connectivity index (χ1) is 11.2. The van der Waals surface area contributed by atoms with Gasteiger partial charge in [-0.15, -0.1) is 11.3 Å². The van der Waals surface area contributed by atoms with Crippen LogP contribution in [0.3, 0.4) is 0 Å². The Morgan fingerprint density at radius 3 is 2.87 bits per heavy atom. The molecule has 5 rings (SSSR count). The van der Waals surface area contributed by atoms with Crippen LogP contribution < -0.4 is 11.1 Å². The van der Waals surface area contributed by atoms with Crippen molar-refractivity contribution in [3.05, 3.63) is 35.5 Å². The molecule has 0 saturated carbocycles. The van der Waals surface area contributed by atoms with Gasteiger partial charge in [-0.25, -0.2) is 4.98 Å². The quantitative estimate of drug-likeness (QED) is 0.848. The highest BCUT2D eigenvalue weighted by Crippen LogP contribution is 2.29. The molecule has 120 valence electrons. The van der Waals surface area contributed by atoms with E-state index in [4.69, 9.17) is 5.73 Å². The third-order valence-corrected chi connectivity index (χ3v) is 5.89. The van der Waals surface area contributed by atoms with Crippen LogP contribution in [-0.2, 0) is 0 Å². The number of piperidine rings is 3. The molecule has 0 aliphatic carbocycles. The van der Waals surface area contributed by atoms with E-state index in [1.807, 2.05) is 24.3 Å². The molecule has 1 atom stereocenters. The van der Waals surface area contributed by atoms with Crippen LogP contribution in [-0.4, -0.2) is 41.5 Å². The summed E-state index contributed by atoms with van der Waals surface area (Å²) in [5.41, 5.74) is 7.54. The van der Waals surface area contributed by atoms with Gasteiger partial charge in [-0.3, -0.25) is 4.79 Å². The number of carbonyl (C=O) groups is 1. The number of rotatable bonds is 3. The summed E-state index contributed by atoms with van der Waals surface area (Å²) in [7, 11) is 0. The van der Waals surface area contributed by atoms with Gasteiger partial charge in [0.25, 0.3) is 5.91 Å². The van der Waals surface area contributed by atoms with Gasteiger partial charge < -0.3 is 16.0 Å². The monoisotopic (exact) mass is 328 g/mol. The van der Waals surface area contributed by atoms with Crippen LogP contribution in [0.5, 0.6) is 0 Å². The van der Waals surface area contributed by atoms with E-state index in [9.17, 15) is 4.79 Å². The summed E-state index contributed by atoms with van der Waals surface area (Å²) in [5.74, 6) is 0.571. The second-order valence-corrected chi connectivity index (χ2v) is 7.40. The number of thiazole rings is 1. The largest absolute Gasteiger partial charge is 0.399 e. The van der Waals surface area contributed by atoms with Crippen LogP contribution in [0.15, 0.2) is 30.5 Å². The maximum atomic E-state index is 12.5. The number of benzene rings is 1. The van der Waals surface area contributed by atoms with Crippen molar-refractivity contribution in [3.63, 3.8) is 0 Å². The first-order valence-electron chi connectivity index (χ1n) is 8.04. The van der Waals surface area contributed by atoms with Crippen LogP contribution >= 0.6 is 11.3 Å². The van der Waals surface area contributed by atoms with Gasteiger partial charge in [0.05, 0.1) is 4.88 Å². The molecule has 1 aromatic carbocycles. The molecule has 2 aromatic rings. The number of nitrogen functional groups attached to an aromatic ring is 1. The van der Waals surface area contributed by atoms with Crippen molar-refractivity contribution in [1.29, 1.82) is 0 Å². The number of carbonyl (C=O) groups excluding carboxylic acids is 1. The van der Waals surface area contributed by atoms with Crippen molar-refractivity contribution in [1.82, 2.24) is 15.2 Å². The van der Waals surface area contributed by atoms with Gasteiger partial charge in [0.1, 0.15) is 0 Å². The average molecular weight is 328 g/mol. The summed E-state index contributed by atoms with van der Waals surface area (Å²) in [4.78, 5) is 20.2. The van der Waals surface area contributed by atoms with E-state index in [0.29, 0.717) is 16.6 Å². The standard InChI is InChI=1S/C17H20N4OS/c18-13-3-1-2-12(8-13)15-9-19-17(23-15)16(22)20-14-10-21-6-4-11(14)5-7-21/h1-3,8-9,11,14H,4-7,10,18H2,(H,20,22). The lowest BCUT2D eigenvalue weighted by Gasteiger charge is -2.44. The molecule has 2 bridgehead atoms. The zero-order chi connectivity index (χ0) is 15.8. The number of fused-ring (bicyclic) bond motifs is 3. The molecule has 1 aromatic heterocycles. The van der Waals surface area contributed by atoms with E-state index in [1.54, 1.807) is 6.20 Å². The van der Waals surface area contributed by atoms with E-state index in [2.05, 4.69) is 15.2 Å². The number of nitrogens with two attached hydrogens (primary N) is 1. The molecule has 3 aliphatic heterocycles. The zero-order valence-corrected chi connectivity index (χ0v) is 13.7. The Morgan fingerprint density at radius 1 is 1.35 bits per heavy atom. The Kier molecular flexibility index (Phi) is 3.79. The first-order valence-corrected chi connectivity index (χ1v) is 8.85. The molecular weight excluding hydrogens is 308 g/mol. The van der Waals surface area contributed by atoms with E-state index in [-0.39, 0.29) is 11.9 Å². The van der Waals surface area contributed by atoms with Gasteiger partial charge in [-0.2, -0.15) is 0 Å². The Bertz CT molecular complexity index is 721. The van der Waals surface area contributed by atoms with Crippen LogP contribution in [0.4, 0.5) is 5.69 Å². The normalized spacial score (nSPS) is 26.2. The van der Waals surface area contributed by atoms with Gasteiger partial charge in [0, 0.05) is 24.5 Å². The maximum Gasteiger partial charge on any atom is 0.280 e. The predicted octanol–water partition coefficient (Wildman–Crippen LogP) is 2.22. The smallest absolute Gasteiger partial charge is 0.280 e. The summed E-state index contributed by atoms with van der Waals surface area (Å²) in [5, 5.41) is 3.71. The van der Waals surface area contributed by atoms with Crippen molar-refractivity contribution >= 4 is 22.9 Å². The minimum Gasteiger partial charge on any atom is -0.399 e. The third kappa shape index (κ3) is 2.96.